The van der Waals surface area contributed by atoms with Gasteiger partial charge in [-0.25, -0.2) is 13.4 Å². The number of aryl methyl sites for hydroxylation is 2. The maximum atomic E-state index is 12.9. The van der Waals surface area contributed by atoms with Crippen LogP contribution in [0.1, 0.15) is 18.3 Å². The SMILES string of the molecule is CCn1nc(C)c(S(=O)(=O)Nc2ccc(Oc3ccc(-n4ccnc4)nn3)cc2)c1C. The van der Waals surface area contributed by atoms with Crippen LogP contribution in [0.25, 0.3) is 5.82 Å². The van der Waals surface area contributed by atoms with Crippen LogP contribution < -0.4 is 9.46 Å². The van der Waals surface area contributed by atoms with Gasteiger partial charge in [-0.2, -0.15) is 5.10 Å². The second-order valence-corrected chi connectivity index (χ2v) is 8.37. The van der Waals surface area contributed by atoms with Gasteiger partial charge in [0, 0.05) is 30.7 Å². The van der Waals surface area contributed by atoms with Gasteiger partial charge in [0.25, 0.3) is 10.0 Å². The van der Waals surface area contributed by atoms with Gasteiger partial charge >= 0.3 is 0 Å². The average Bonchev–Trinajstić information content (AvgIpc) is 3.38. The highest BCUT2D eigenvalue weighted by Gasteiger charge is 2.24. The van der Waals surface area contributed by atoms with Gasteiger partial charge in [-0.05, 0) is 51.1 Å². The Hall–Kier alpha value is -3.73. The van der Waals surface area contributed by atoms with Gasteiger partial charge in [0.15, 0.2) is 5.82 Å². The first-order valence-electron chi connectivity index (χ1n) is 9.54. The lowest BCUT2D eigenvalue weighted by molar-refractivity contribution is 0.454. The Morgan fingerprint density at radius 1 is 1.06 bits per heavy atom. The van der Waals surface area contributed by atoms with Crippen molar-refractivity contribution >= 4 is 15.7 Å². The van der Waals surface area contributed by atoms with Crippen LogP contribution in [0.4, 0.5) is 5.69 Å². The predicted molar refractivity (Wildman–Crippen MR) is 114 cm³/mol. The first-order chi connectivity index (χ1) is 14.9. The van der Waals surface area contributed by atoms with E-state index in [1.54, 1.807) is 78.2 Å². The molecule has 3 aromatic heterocycles. The predicted octanol–water partition coefficient (Wildman–Crippen LogP) is 3.09. The normalized spacial score (nSPS) is 11.5. The van der Waals surface area contributed by atoms with Crippen molar-refractivity contribution in [1.29, 1.82) is 0 Å². The van der Waals surface area contributed by atoms with Crippen molar-refractivity contribution in [2.24, 2.45) is 0 Å². The summed E-state index contributed by atoms with van der Waals surface area (Å²) in [5.41, 5.74) is 1.48. The maximum absolute atomic E-state index is 12.9. The number of anilines is 1. The van der Waals surface area contributed by atoms with Crippen LogP contribution in [0.15, 0.2) is 60.0 Å². The fraction of sp³-hybridized carbons (Fsp3) is 0.200. The van der Waals surface area contributed by atoms with Crippen molar-refractivity contribution in [3.05, 3.63) is 66.5 Å². The molecule has 0 aliphatic rings. The summed E-state index contributed by atoms with van der Waals surface area (Å²) in [5.74, 6) is 1.43. The van der Waals surface area contributed by atoms with Crippen LogP contribution in [-0.2, 0) is 16.6 Å². The second-order valence-electron chi connectivity index (χ2n) is 6.75. The maximum Gasteiger partial charge on any atom is 0.265 e. The number of nitrogens with zero attached hydrogens (tertiary/aromatic N) is 6. The van der Waals surface area contributed by atoms with Crippen LogP contribution in [0.3, 0.4) is 0 Å². The lowest BCUT2D eigenvalue weighted by Gasteiger charge is -2.10. The zero-order chi connectivity index (χ0) is 22.0. The Balaban J connectivity index is 1.46. The number of imidazole rings is 1. The molecular formula is C20H21N7O3S. The zero-order valence-corrected chi connectivity index (χ0v) is 18.0. The average molecular weight is 440 g/mol. The van der Waals surface area contributed by atoms with E-state index in [0.717, 1.165) is 0 Å². The van der Waals surface area contributed by atoms with Gasteiger partial charge in [0.05, 0.1) is 11.4 Å². The summed E-state index contributed by atoms with van der Waals surface area (Å²) >= 11 is 0. The van der Waals surface area contributed by atoms with E-state index in [-0.39, 0.29) is 4.90 Å². The summed E-state index contributed by atoms with van der Waals surface area (Å²) in [6.07, 6.45) is 5.04. The number of ether oxygens (including phenoxy) is 1. The van der Waals surface area contributed by atoms with Crippen molar-refractivity contribution in [1.82, 2.24) is 29.5 Å². The fourth-order valence-electron chi connectivity index (χ4n) is 3.20. The Bertz CT molecular complexity index is 1280. The van der Waals surface area contributed by atoms with Crippen LogP contribution >= 0.6 is 0 Å². The lowest BCUT2D eigenvalue weighted by Crippen LogP contribution is -2.15. The molecule has 3 heterocycles. The molecule has 4 rings (SSSR count). The number of rotatable bonds is 7. The molecule has 0 aliphatic carbocycles. The minimum atomic E-state index is -3.77. The van der Waals surface area contributed by atoms with Crippen molar-refractivity contribution < 1.29 is 13.2 Å². The molecular weight excluding hydrogens is 418 g/mol. The number of benzene rings is 1. The van der Waals surface area contributed by atoms with Gasteiger partial charge in [-0.1, -0.05) is 0 Å². The smallest absolute Gasteiger partial charge is 0.265 e. The van der Waals surface area contributed by atoms with Crippen molar-refractivity contribution in [3.63, 3.8) is 0 Å². The molecule has 1 N–H and O–H groups in total. The summed E-state index contributed by atoms with van der Waals surface area (Å²) in [5, 5.41) is 12.4. The standard InChI is InChI=1S/C20H21N7O3S/c1-4-27-15(3)20(14(2)24-27)31(28,29)25-16-5-7-17(8-6-16)30-19-10-9-18(22-23-19)26-12-11-21-13-26/h5-13,25H,4H2,1-3H3. The summed E-state index contributed by atoms with van der Waals surface area (Å²) in [4.78, 5) is 4.16. The van der Waals surface area contributed by atoms with E-state index in [4.69, 9.17) is 4.74 Å². The van der Waals surface area contributed by atoms with E-state index in [2.05, 4.69) is 25.0 Å². The molecule has 0 bridgehead atoms. The quantitative estimate of drug-likeness (QED) is 0.470. The van der Waals surface area contributed by atoms with Crippen molar-refractivity contribution in [3.8, 4) is 17.4 Å². The molecule has 31 heavy (non-hydrogen) atoms. The summed E-state index contributed by atoms with van der Waals surface area (Å²) in [6, 6.07) is 9.99. The largest absolute Gasteiger partial charge is 0.438 e. The number of hydrogen-bond donors (Lipinski definition) is 1. The third kappa shape index (κ3) is 4.26. The molecule has 1 aromatic carbocycles. The number of nitrogens with one attached hydrogen (secondary N) is 1. The van der Waals surface area contributed by atoms with Gasteiger partial charge < -0.3 is 4.74 Å². The van der Waals surface area contributed by atoms with Gasteiger partial charge in [0.1, 0.15) is 17.0 Å². The molecule has 10 nitrogen and oxygen atoms in total. The van der Waals surface area contributed by atoms with E-state index < -0.39 is 10.0 Å². The number of hydrogen-bond acceptors (Lipinski definition) is 7. The molecule has 0 aliphatic heterocycles. The highest BCUT2D eigenvalue weighted by atomic mass is 32.2. The molecule has 0 spiro atoms. The minimum absolute atomic E-state index is 0.197. The minimum Gasteiger partial charge on any atom is -0.438 e. The summed E-state index contributed by atoms with van der Waals surface area (Å²) in [7, 11) is -3.77. The molecule has 0 saturated heterocycles. The molecule has 4 aromatic rings. The van der Waals surface area contributed by atoms with Crippen LogP contribution in [0, 0.1) is 13.8 Å². The monoisotopic (exact) mass is 439 g/mol. The lowest BCUT2D eigenvalue weighted by atomic mass is 10.3. The highest BCUT2D eigenvalue weighted by molar-refractivity contribution is 7.92. The Labute approximate surface area is 179 Å². The third-order valence-electron chi connectivity index (χ3n) is 4.61. The summed E-state index contributed by atoms with van der Waals surface area (Å²) in [6.45, 7) is 5.94. The zero-order valence-electron chi connectivity index (χ0n) is 17.2. The van der Waals surface area contributed by atoms with E-state index in [1.807, 2.05) is 6.92 Å². The van der Waals surface area contributed by atoms with E-state index >= 15 is 0 Å². The number of sulfonamides is 1. The molecule has 0 atom stereocenters. The van der Waals surface area contributed by atoms with Crippen LogP contribution in [0.2, 0.25) is 0 Å². The molecule has 0 fully saturated rings. The molecule has 11 heteroatoms. The first-order valence-corrected chi connectivity index (χ1v) is 11.0. The van der Waals surface area contributed by atoms with Crippen LogP contribution in [-0.4, -0.2) is 37.9 Å². The second kappa shape index (κ2) is 8.19. The van der Waals surface area contributed by atoms with Crippen molar-refractivity contribution in [2.45, 2.75) is 32.2 Å². The fourth-order valence-corrected chi connectivity index (χ4v) is 4.67. The molecule has 0 saturated carbocycles. The Morgan fingerprint density at radius 2 is 1.84 bits per heavy atom. The van der Waals surface area contributed by atoms with E-state index in [9.17, 15) is 8.42 Å². The van der Waals surface area contributed by atoms with E-state index in [0.29, 0.717) is 41.1 Å². The Kier molecular flexibility index (Phi) is 5.42. The van der Waals surface area contributed by atoms with Gasteiger partial charge in [-0.3, -0.25) is 14.0 Å². The molecule has 160 valence electrons. The van der Waals surface area contributed by atoms with Crippen LogP contribution in [0.5, 0.6) is 11.6 Å². The van der Waals surface area contributed by atoms with E-state index in [1.165, 1.54) is 0 Å². The first kappa shape index (κ1) is 20.5. The van der Waals surface area contributed by atoms with Gasteiger partial charge in [-0.15, -0.1) is 10.2 Å². The van der Waals surface area contributed by atoms with Gasteiger partial charge in [0.2, 0.25) is 5.88 Å². The summed E-state index contributed by atoms with van der Waals surface area (Å²) < 4.78 is 37.4. The molecule has 0 amide bonds. The third-order valence-corrected chi connectivity index (χ3v) is 6.24. The number of aromatic nitrogens is 6. The topological polar surface area (TPSA) is 117 Å². The molecule has 0 unspecified atom stereocenters. The van der Waals surface area contributed by atoms with Crippen molar-refractivity contribution in [2.75, 3.05) is 4.72 Å². The highest BCUT2D eigenvalue weighted by Crippen LogP contribution is 2.25. The molecule has 0 radical (unpaired) electrons. The Morgan fingerprint density at radius 3 is 2.42 bits per heavy atom.